The van der Waals surface area contributed by atoms with Crippen LogP contribution in [0.2, 0.25) is 5.02 Å². The van der Waals surface area contributed by atoms with Crippen LogP contribution in [-0.2, 0) is 4.79 Å². The molecule has 4 nitrogen and oxygen atoms in total. The molecule has 0 aliphatic carbocycles. The molecule has 0 saturated carbocycles. The molecule has 0 heterocycles. The van der Waals surface area contributed by atoms with Crippen molar-refractivity contribution >= 4 is 29.5 Å². The number of hydrogen-bond donors (Lipinski definition) is 1. The first kappa shape index (κ1) is 14.3. The third-order valence-electron chi connectivity index (χ3n) is 2.35. The molecule has 1 amide bonds. The summed E-state index contributed by atoms with van der Waals surface area (Å²) in [6, 6.07) is 5.56. The predicted octanol–water partition coefficient (Wildman–Crippen LogP) is 2.06. The highest BCUT2D eigenvalue weighted by Gasteiger charge is 2.02. The minimum atomic E-state index is -0.416. The van der Waals surface area contributed by atoms with Gasteiger partial charge in [-0.25, -0.2) is 0 Å². The molecule has 0 radical (unpaired) electrons. The topological polar surface area (TPSA) is 58.7 Å². The van der Waals surface area contributed by atoms with Crippen molar-refractivity contribution in [3.63, 3.8) is 0 Å². The standard InChI is InChI=1S/C13H16ClN3O/c1-9-5-4-6-11(14)10(9)7-8-12(18)16-13(15)17(2)3/h4-8H,1-3H3,(H2,15,16,18). The zero-order chi connectivity index (χ0) is 13.7. The minimum absolute atomic E-state index is 0.167. The molecule has 0 aromatic heterocycles. The molecule has 5 heteroatoms. The minimum Gasteiger partial charge on any atom is -0.369 e. The van der Waals surface area contributed by atoms with E-state index in [1.54, 1.807) is 31.1 Å². The molecule has 0 saturated heterocycles. The monoisotopic (exact) mass is 265 g/mol. The van der Waals surface area contributed by atoms with Crippen molar-refractivity contribution < 1.29 is 4.79 Å². The predicted molar refractivity (Wildman–Crippen MR) is 75.5 cm³/mol. The van der Waals surface area contributed by atoms with Gasteiger partial charge in [0.05, 0.1) is 0 Å². The Kier molecular flexibility index (Phi) is 4.92. The van der Waals surface area contributed by atoms with E-state index in [1.165, 1.54) is 6.08 Å². The molecular weight excluding hydrogens is 250 g/mol. The molecule has 0 unspecified atom stereocenters. The van der Waals surface area contributed by atoms with E-state index >= 15 is 0 Å². The van der Waals surface area contributed by atoms with E-state index in [1.807, 2.05) is 19.1 Å². The first-order chi connectivity index (χ1) is 8.41. The van der Waals surface area contributed by atoms with Gasteiger partial charge in [0, 0.05) is 25.2 Å². The van der Waals surface area contributed by atoms with Crippen molar-refractivity contribution in [3.8, 4) is 0 Å². The van der Waals surface area contributed by atoms with Crippen LogP contribution < -0.4 is 5.73 Å². The molecular formula is C13H16ClN3O. The molecule has 0 aliphatic heterocycles. The van der Waals surface area contributed by atoms with Gasteiger partial charge in [-0.3, -0.25) is 4.79 Å². The maximum absolute atomic E-state index is 11.5. The van der Waals surface area contributed by atoms with Crippen LogP contribution in [0.25, 0.3) is 6.08 Å². The van der Waals surface area contributed by atoms with E-state index in [9.17, 15) is 4.79 Å². The Morgan fingerprint density at radius 1 is 1.44 bits per heavy atom. The zero-order valence-electron chi connectivity index (χ0n) is 10.6. The second-order valence-electron chi connectivity index (χ2n) is 4.01. The van der Waals surface area contributed by atoms with E-state index in [4.69, 9.17) is 17.3 Å². The lowest BCUT2D eigenvalue weighted by Crippen LogP contribution is -2.31. The molecule has 96 valence electrons. The van der Waals surface area contributed by atoms with Crippen LogP contribution >= 0.6 is 11.6 Å². The molecule has 0 aliphatic rings. The lowest BCUT2D eigenvalue weighted by Gasteiger charge is -2.08. The van der Waals surface area contributed by atoms with E-state index in [2.05, 4.69) is 4.99 Å². The zero-order valence-corrected chi connectivity index (χ0v) is 11.4. The van der Waals surface area contributed by atoms with Crippen LogP contribution in [0.5, 0.6) is 0 Å². The smallest absolute Gasteiger partial charge is 0.272 e. The highest BCUT2D eigenvalue weighted by atomic mass is 35.5. The van der Waals surface area contributed by atoms with E-state index < -0.39 is 5.91 Å². The van der Waals surface area contributed by atoms with Gasteiger partial charge in [0.25, 0.3) is 5.91 Å². The average Bonchev–Trinajstić information content (AvgIpc) is 2.28. The molecule has 0 atom stereocenters. The number of benzene rings is 1. The van der Waals surface area contributed by atoms with Crippen molar-refractivity contribution in [1.29, 1.82) is 0 Å². The number of rotatable bonds is 2. The van der Waals surface area contributed by atoms with Gasteiger partial charge in [-0.1, -0.05) is 23.7 Å². The number of aliphatic imine (C=N–C) groups is 1. The number of guanidine groups is 1. The molecule has 1 rings (SSSR count). The van der Waals surface area contributed by atoms with Gasteiger partial charge in [-0.2, -0.15) is 4.99 Å². The van der Waals surface area contributed by atoms with Crippen molar-refractivity contribution in [2.75, 3.05) is 14.1 Å². The second kappa shape index (κ2) is 6.21. The molecule has 1 aromatic carbocycles. The number of carbonyl (C=O) groups is 1. The number of aryl methyl sites for hydroxylation is 1. The first-order valence-electron chi connectivity index (χ1n) is 5.40. The van der Waals surface area contributed by atoms with Crippen LogP contribution in [-0.4, -0.2) is 30.9 Å². The number of nitrogens with zero attached hydrogens (tertiary/aromatic N) is 2. The fraction of sp³-hybridized carbons (Fsp3) is 0.231. The van der Waals surface area contributed by atoms with Crippen molar-refractivity contribution in [2.24, 2.45) is 10.7 Å². The average molecular weight is 266 g/mol. The lowest BCUT2D eigenvalue weighted by atomic mass is 10.1. The van der Waals surface area contributed by atoms with Crippen molar-refractivity contribution in [2.45, 2.75) is 6.92 Å². The summed E-state index contributed by atoms with van der Waals surface area (Å²) in [6.07, 6.45) is 3.00. The van der Waals surface area contributed by atoms with Gasteiger partial charge >= 0.3 is 0 Å². The molecule has 2 N–H and O–H groups in total. The third-order valence-corrected chi connectivity index (χ3v) is 2.68. The molecule has 18 heavy (non-hydrogen) atoms. The van der Waals surface area contributed by atoms with Gasteiger partial charge in [-0.15, -0.1) is 0 Å². The van der Waals surface area contributed by atoms with Gasteiger partial charge in [-0.05, 0) is 30.2 Å². The third kappa shape index (κ3) is 3.89. The maximum Gasteiger partial charge on any atom is 0.272 e. The van der Waals surface area contributed by atoms with E-state index in [-0.39, 0.29) is 5.96 Å². The Labute approximate surface area is 112 Å². The Hall–Kier alpha value is -1.81. The summed E-state index contributed by atoms with van der Waals surface area (Å²) in [5.74, 6) is -0.249. The summed E-state index contributed by atoms with van der Waals surface area (Å²) in [7, 11) is 3.43. The number of amides is 1. The Bertz CT molecular complexity index is 487. The maximum atomic E-state index is 11.5. The summed E-state index contributed by atoms with van der Waals surface area (Å²) in [5, 5.41) is 0.601. The first-order valence-corrected chi connectivity index (χ1v) is 5.78. The highest BCUT2D eigenvalue weighted by Crippen LogP contribution is 2.20. The molecule has 1 aromatic rings. The summed E-state index contributed by atoms with van der Waals surface area (Å²) in [4.78, 5) is 16.8. The summed E-state index contributed by atoms with van der Waals surface area (Å²) >= 11 is 6.04. The Balaban J connectivity index is 2.88. The van der Waals surface area contributed by atoms with Crippen LogP contribution in [0, 0.1) is 6.92 Å². The fourth-order valence-corrected chi connectivity index (χ4v) is 1.55. The second-order valence-corrected chi connectivity index (χ2v) is 4.41. The van der Waals surface area contributed by atoms with Crippen LogP contribution in [0.4, 0.5) is 0 Å². The van der Waals surface area contributed by atoms with Gasteiger partial charge < -0.3 is 10.6 Å². The summed E-state index contributed by atoms with van der Waals surface area (Å²) < 4.78 is 0. The summed E-state index contributed by atoms with van der Waals surface area (Å²) in [5.41, 5.74) is 7.35. The number of nitrogens with two attached hydrogens (primary N) is 1. The van der Waals surface area contributed by atoms with Crippen LogP contribution in [0.3, 0.4) is 0 Å². The fourth-order valence-electron chi connectivity index (χ4n) is 1.26. The largest absolute Gasteiger partial charge is 0.369 e. The normalized spacial score (nSPS) is 11.9. The number of halogens is 1. The van der Waals surface area contributed by atoms with Gasteiger partial charge in [0.1, 0.15) is 0 Å². The van der Waals surface area contributed by atoms with E-state index in [0.717, 1.165) is 11.1 Å². The van der Waals surface area contributed by atoms with Crippen molar-refractivity contribution in [1.82, 2.24) is 4.90 Å². The van der Waals surface area contributed by atoms with E-state index in [0.29, 0.717) is 5.02 Å². The highest BCUT2D eigenvalue weighted by molar-refractivity contribution is 6.32. The van der Waals surface area contributed by atoms with Crippen molar-refractivity contribution in [3.05, 3.63) is 40.4 Å². The number of hydrogen-bond acceptors (Lipinski definition) is 1. The van der Waals surface area contributed by atoms with Crippen LogP contribution in [0.1, 0.15) is 11.1 Å². The Morgan fingerprint density at radius 3 is 2.67 bits per heavy atom. The Morgan fingerprint density at radius 2 is 2.11 bits per heavy atom. The molecule has 0 spiro atoms. The lowest BCUT2D eigenvalue weighted by molar-refractivity contribution is -0.113. The number of carbonyl (C=O) groups excluding carboxylic acids is 1. The quantitative estimate of drug-likeness (QED) is 0.506. The van der Waals surface area contributed by atoms with Crippen LogP contribution in [0.15, 0.2) is 29.3 Å². The molecule has 0 fully saturated rings. The summed E-state index contributed by atoms with van der Waals surface area (Å²) in [6.45, 7) is 1.92. The van der Waals surface area contributed by atoms with Gasteiger partial charge in [0.15, 0.2) is 5.96 Å². The SMILES string of the molecule is Cc1cccc(Cl)c1C=CC(=O)N=C(N)N(C)C. The van der Waals surface area contributed by atoms with Gasteiger partial charge in [0.2, 0.25) is 0 Å². The molecule has 0 bridgehead atoms.